The first-order chi connectivity index (χ1) is 9.24. The Morgan fingerprint density at radius 3 is 2.89 bits per heavy atom. The zero-order valence-corrected chi connectivity index (χ0v) is 10.7. The van der Waals surface area contributed by atoms with Crippen LogP contribution in [0.15, 0.2) is 53.6 Å². The van der Waals surface area contributed by atoms with Crippen LogP contribution < -0.4 is 5.69 Å². The Kier molecular flexibility index (Phi) is 3.01. The molecule has 0 aliphatic rings. The zero-order valence-electron chi connectivity index (χ0n) is 9.95. The number of nitrogens with zero attached hydrogens (tertiary/aromatic N) is 3. The molecule has 1 aromatic carbocycles. The van der Waals surface area contributed by atoms with E-state index >= 15 is 0 Å². The third-order valence-corrected chi connectivity index (χ3v) is 3.20. The molecular formula is C14H10ClN3O. The van der Waals surface area contributed by atoms with Crippen molar-refractivity contribution < 1.29 is 0 Å². The van der Waals surface area contributed by atoms with Crippen LogP contribution in [0.1, 0.15) is 5.56 Å². The average Bonchev–Trinajstić information content (AvgIpc) is 2.42. The Morgan fingerprint density at radius 1 is 1.21 bits per heavy atom. The van der Waals surface area contributed by atoms with Crippen molar-refractivity contribution >= 4 is 22.5 Å². The molecule has 0 radical (unpaired) electrons. The summed E-state index contributed by atoms with van der Waals surface area (Å²) in [7, 11) is 0. The lowest BCUT2D eigenvalue weighted by atomic mass is 10.1. The minimum atomic E-state index is -0.299. The second-order valence-corrected chi connectivity index (χ2v) is 4.52. The van der Waals surface area contributed by atoms with Crippen LogP contribution in [0, 0.1) is 0 Å². The molecule has 0 atom stereocenters. The Hall–Kier alpha value is -2.20. The molecule has 3 rings (SSSR count). The summed E-state index contributed by atoms with van der Waals surface area (Å²) in [4.78, 5) is 19.6. The normalized spacial score (nSPS) is 10.8. The van der Waals surface area contributed by atoms with E-state index in [9.17, 15) is 4.79 Å². The fourth-order valence-electron chi connectivity index (χ4n) is 1.94. The van der Waals surface area contributed by atoms with Gasteiger partial charge < -0.3 is 0 Å². The molecule has 2 aromatic heterocycles. The molecular weight excluding hydrogens is 262 g/mol. The van der Waals surface area contributed by atoms with Gasteiger partial charge in [0, 0.05) is 23.3 Å². The number of halogens is 1. The second kappa shape index (κ2) is 4.82. The highest BCUT2D eigenvalue weighted by atomic mass is 35.5. The van der Waals surface area contributed by atoms with Gasteiger partial charge >= 0.3 is 5.69 Å². The van der Waals surface area contributed by atoms with Gasteiger partial charge in [0.1, 0.15) is 5.15 Å². The number of fused-ring (bicyclic) bond motifs is 1. The van der Waals surface area contributed by atoms with E-state index < -0.39 is 0 Å². The highest BCUT2D eigenvalue weighted by Crippen LogP contribution is 2.20. The summed E-state index contributed by atoms with van der Waals surface area (Å²) in [5.41, 5.74) is 1.34. The van der Waals surface area contributed by atoms with Gasteiger partial charge in [0.15, 0.2) is 0 Å². The van der Waals surface area contributed by atoms with Crippen molar-refractivity contribution in [1.82, 2.24) is 14.5 Å². The number of aromatic nitrogens is 3. The van der Waals surface area contributed by atoms with Crippen LogP contribution in [0.2, 0.25) is 5.15 Å². The molecule has 0 aliphatic heterocycles. The summed E-state index contributed by atoms with van der Waals surface area (Å²) < 4.78 is 1.50. The first-order valence-corrected chi connectivity index (χ1v) is 6.17. The van der Waals surface area contributed by atoms with Crippen LogP contribution in [0.5, 0.6) is 0 Å². The predicted octanol–water partition coefficient (Wildman–Crippen LogP) is 2.49. The first kappa shape index (κ1) is 11.9. The third kappa shape index (κ3) is 2.35. The van der Waals surface area contributed by atoms with Crippen molar-refractivity contribution in [2.75, 3.05) is 0 Å². The SMILES string of the molecule is O=c1ncccn1Cc1cc2ccccc2nc1Cl. The predicted molar refractivity (Wildman–Crippen MR) is 74.4 cm³/mol. The van der Waals surface area contributed by atoms with Crippen molar-refractivity contribution in [2.24, 2.45) is 0 Å². The fraction of sp³-hybridized carbons (Fsp3) is 0.0714. The van der Waals surface area contributed by atoms with E-state index in [0.717, 1.165) is 16.5 Å². The van der Waals surface area contributed by atoms with Crippen LogP contribution in [-0.4, -0.2) is 14.5 Å². The summed E-state index contributed by atoms with van der Waals surface area (Å²) in [5.74, 6) is 0. The highest BCUT2D eigenvalue weighted by Gasteiger charge is 2.06. The van der Waals surface area contributed by atoms with E-state index in [1.165, 1.54) is 10.8 Å². The first-order valence-electron chi connectivity index (χ1n) is 5.80. The van der Waals surface area contributed by atoms with Gasteiger partial charge in [0.05, 0.1) is 12.1 Å². The van der Waals surface area contributed by atoms with E-state index in [0.29, 0.717) is 11.7 Å². The summed E-state index contributed by atoms with van der Waals surface area (Å²) in [6, 6.07) is 11.4. The molecule has 5 heteroatoms. The Labute approximate surface area is 114 Å². The zero-order chi connectivity index (χ0) is 13.2. The van der Waals surface area contributed by atoms with E-state index in [1.54, 1.807) is 12.3 Å². The molecule has 0 bridgehead atoms. The van der Waals surface area contributed by atoms with Gasteiger partial charge in [-0.2, -0.15) is 0 Å². The van der Waals surface area contributed by atoms with E-state index in [-0.39, 0.29) is 5.69 Å². The summed E-state index contributed by atoms with van der Waals surface area (Å²) in [6.45, 7) is 0.364. The lowest BCUT2D eigenvalue weighted by Crippen LogP contribution is -2.22. The van der Waals surface area contributed by atoms with Crippen LogP contribution in [-0.2, 0) is 6.54 Å². The van der Waals surface area contributed by atoms with Gasteiger partial charge in [0.25, 0.3) is 0 Å². The third-order valence-electron chi connectivity index (χ3n) is 2.87. The lowest BCUT2D eigenvalue weighted by molar-refractivity contribution is 0.726. The van der Waals surface area contributed by atoms with Crippen molar-refractivity contribution in [2.45, 2.75) is 6.54 Å². The molecule has 0 N–H and O–H groups in total. The maximum absolute atomic E-state index is 11.6. The van der Waals surface area contributed by atoms with Gasteiger partial charge in [-0.15, -0.1) is 0 Å². The molecule has 3 aromatic rings. The monoisotopic (exact) mass is 271 g/mol. The Bertz CT molecular complexity index is 798. The van der Waals surface area contributed by atoms with E-state index in [4.69, 9.17) is 11.6 Å². The molecule has 0 spiro atoms. The lowest BCUT2D eigenvalue weighted by Gasteiger charge is -2.07. The van der Waals surface area contributed by atoms with Crippen molar-refractivity contribution in [3.8, 4) is 0 Å². The molecule has 0 saturated carbocycles. The topological polar surface area (TPSA) is 47.8 Å². The van der Waals surface area contributed by atoms with Crippen LogP contribution in [0.4, 0.5) is 0 Å². The molecule has 94 valence electrons. The van der Waals surface area contributed by atoms with Crippen LogP contribution in [0.3, 0.4) is 0 Å². The van der Waals surface area contributed by atoms with E-state index in [1.807, 2.05) is 30.3 Å². The van der Waals surface area contributed by atoms with Crippen LogP contribution in [0.25, 0.3) is 10.9 Å². The smallest absolute Gasteiger partial charge is 0.295 e. The fourth-order valence-corrected chi connectivity index (χ4v) is 2.14. The number of benzene rings is 1. The molecule has 0 saturated heterocycles. The highest BCUT2D eigenvalue weighted by molar-refractivity contribution is 6.30. The second-order valence-electron chi connectivity index (χ2n) is 4.16. The minimum absolute atomic E-state index is 0.299. The maximum Gasteiger partial charge on any atom is 0.347 e. The molecule has 0 unspecified atom stereocenters. The molecule has 2 heterocycles. The van der Waals surface area contributed by atoms with Crippen molar-refractivity contribution in [3.63, 3.8) is 0 Å². The number of pyridine rings is 1. The van der Waals surface area contributed by atoms with E-state index in [2.05, 4.69) is 9.97 Å². The summed E-state index contributed by atoms with van der Waals surface area (Å²) >= 11 is 6.16. The Balaban J connectivity index is 2.08. The van der Waals surface area contributed by atoms with Gasteiger partial charge in [-0.3, -0.25) is 4.57 Å². The standard InChI is InChI=1S/C14H10ClN3O/c15-13-11(9-18-7-3-6-16-14(18)19)8-10-4-1-2-5-12(10)17-13/h1-8H,9H2. The van der Waals surface area contributed by atoms with Gasteiger partial charge in [0.2, 0.25) is 0 Å². The maximum atomic E-state index is 11.6. The summed E-state index contributed by atoms with van der Waals surface area (Å²) in [5, 5.41) is 1.41. The molecule has 4 nitrogen and oxygen atoms in total. The Morgan fingerprint density at radius 2 is 2.05 bits per heavy atom. The number of rotatable bonds is 2. The van der Waals surface area contributed by atoms with Gasteiger partial charge in [-0.25, -0.2) is 14.8 Å². The largest absolute Gasteiger partial charge is 0.347 e. The molecule has 0 aliphatic carbocycles. The summed E-state index contributed by atoms with van der Waals surface area (Å²) in [6.07, 6.45) is 3.15. The number of hydrogen-bond acceptors (Lipinski definition) is 3. The quantitative estimate of drug-likeness (QED) is 0.673. The van der Waals surface area contributed by atoms with Crippen LogP contribution >= 0.6 is 11.6 Å². The average molecular weight is 272 g/mol. The number of para-hydroxylation sites is 1. The van der Waals surface area contributed by atoms with Gasteiger partial charge in [-0.05, 0) is 18.2 Å². The minimum Gasteiger partial charge on any atom is -0.295 e. The van der Waals surface area contributed by atoms with Crippen molar-refractivity contribution in [1.29, 1.82) is 0 Å². The van der Waals surface area contributed by atoms with Gasteiger partial charge in [-0.1, -0.05) is 29.8 Å². The molecule has 0 amide bonds. The van der Waals surface area contributed by atoms with Crippen molar-refractivity contribution in [3.05, 3.63) is 70.0 Å². The molecule has 19 heavy (non-hydrogen) atoms. The molecule has 0 fully saturated rings. The number of hydrogen-bond donors (Lipinski definition) is 0.